The van der Waals surface area contributed by atoms with Crippen LogP contribution in [0.4, 0.5) is 5.82 Å². The van der Waals surface area contributed by atoms with Crippen molar-refractivity contribution in [1.82, 2.24) is 9.97 Å². The van der Waals surface area contributed by atoms with Crippen LogP contribution < -0.4 is 5.32 Å². The maximum absolute atomic E-state index is 5.51. The molecule has 0 bridgehead atoms. The SMILES string of the molecule is CCOC(CNc1cc(C2CCCC2)ncn1)OCC. The van der Waals surface area contributed by atoms with Gasteiger partial charge in [0.05, 0.1) is 6.54 Å². The molecule has 112 valence electrons. The molecule has 1 aliphatic rings. The summed E-state index contributed by atoms with van der Waals surface area (Å²) in [5.41, 5.74) is 1.16. The summed E-state index contributed by atoms with van der Waals surface area (Å²) in [4.78, 5) is 8.68. The maximum atomic E-state index is 5.51. The summed E-state index contributed by atoms with van der Waals surface area (Å²) >= 11 is 0. The van der Waals surface area contributed by atoms with Gasteiger partial charge in [0.15, 0.2) is 6.29 Å². The molecule has 2 rings (SSSR count). The molecule has 0 aliphatic heterocycles. The first kappa shape index (κ1) is 15.2. The average Bonchev–Trinajstić information content (AvgIpc) is 3.00. The van der Waals surface area contributed by atoms with Crippen molar-refractivity contribution in [2.24, 2.45) is 0 Å². The van der Waals surface area contributed by atoms with E-state index in [1.165, 1.54) is 25.7 Å². The van der Waals surface area contributed by atoms with Crippen LogP contribution in [0.5, 0.6) is 0 Å². The zero-order valence-electron chi connectivity index (χ0n) is 12.5. The normalized spacial score (nSPS) is 15.9. The summed E-state index contributed by atoms with van der Waals surface area (Å²) in [5, 5.41) is 3.28. The zero-order chi connectivity index (χ0) is 14.2. The van der Waals surface area contributed by atoms with Gasteiger partial charge in [-0.25, -0.2) is 9.97 Å². The Labute approximate surface area is 121 Å². The lowest BCUT2D eigenvalue weighted by atomic mass is 10.0. The van der Waals surface area contributed by atoms with Gasteiger partial charge in [0, 0.05) is 30.9 Å². The molecule has 1 fully saturated rings. The number of rotatable bonds is 8. The second kappa shape index (κ2) is 8.17. The summed E-state index contributed by atoms with van der Waals surface area (Å²) in [6.07, 6.45) is 6.54. The second-order valence-corrected chi connectivity index (χ2v) is 5.03. The van der Waals surface area contributed by atoms with Crippen LogP contribution in [0.1, 0.15) is 51.1 Å². The van der Waals surface area contributed by atoms with Crippen LogP contribution in [0.25, 0.3) is 0 Å². The van der Waals surface area contributed by atoms with E-state index >= 15 is 0 Å². The van der Waals surface area contributed by atoms with E-state index in [1.54, 1.807) is 6.33 Å². The minimum atomic E-state index is -0.227. The minimum Gasteiger partial charge on any atom is -0.365 e. The molecule has 20 heavy (non-hydrogen) atoms. The summed E-state index contributed by atoms with van der Waals surface area (Å²) in [7, 11) is 0. The molecule has 0 spiro atoms. The molecule has 0 aromatic carbocycles. The Bertz CT molecular complexity index is 388. The Kier molecular flexibility index (Phi) is 6.21. The van der Waals surface area contributed by atoms with Gasteiger partial charge in [0.25, 0.3) is 0 Å². The number of nitrogens with zero attached hydrogens (tertiary/aromatic N) is 2. The summed E-state index contributed by atoms with van der Waals surface area (Å²) in [6, 6.07) is 2.06. The predicted molar refractivity (Wildman–Crippen MR) is 78.8 cm³/mol. The fourth-order valence-electron chi connectivity index (χ4n) is 2.64. The third-order valence-electron chi connectivity index (χ3n) is 3.62. The molecule has 1 heterocycles. The molecule has 5 heteroatoms. The predicted octanol–water partition coefficient (Wildman–Crippen LogP) is 2.95. The topological polar surface area (TPSA) is 56.3 Å². The van der Waals surface area contributed by atoms with E-state index in [0.29, 0.717) is 25.7 Å². The molecule has 1 N–H and O–H groups in total. The van der Waals surface area contributed by atoms with Crippen molar-refractivity contribution in [2.45, 2.75) is 51.7 Å². The quantitative estimate of drug-likeness (QED) is 0.741. The minimum absolute atomic E-state index is 0.227. The smallest absolute Gasteiger partial charge is 0.174 e. The lowest BCUT2D eigenvalue weighted by Gasteiger charge is -2.18. The van der Waals surface area contributed by atoms with Crippen LogP contribution in [0, 0.1) is 0 Å². The van der Waals surface area contributed by atoms with Gasteiger partial charge < -0.3 is 14.8 Å². The third kappa shape index (κ3) is 4.42. The Morgan fingerprint density at radius 2 is 1.90 bits per heavy atom. The molecule has 0 saturated heterocycles. The number of hydrogen-bond donors (Lipinski definition) is 1. The Morgan fingerprint density at radius 3 is 2.55 bits per heavy atom. The van der Waals surface area contributed by atoms with Gasteiger partial charge in [-0.15, -0.1) is 0 Å². The largest absolute Gasteiger partial charge is 0.365 e. The van der Waals surface area contributed by atoms with E-state index in [1.807, 2.05) is 13.8 Å². The first-order valence-electron chi connectivity index (χ1n) is 7.62. The van der Waals surface area contributed by atoms with E-state index in [9.17, 15) is 0 Å². The van der Waals surface area contributed by atoms with Crippen molar-refractivity contribution < 1.29 is 9.47 Å². The Morgan fingerprint density at radius 1 is 1.20 bits per heavy atom. The monoisotopic (exact) mass is 279 g/mol. The fourth-order valence-corrected chi connectivity index (χ4v) is 2.64. The van der Waals surface area contributed by atoms with Crippen LogP contribution in [0.2, 0.25) is 0 Å². The van der Waals surface area contributed by atoms with Crippen molar-refractivity contribution in [3.05, 3.63) is 18.1 Å². The van der Waals surface area contributed by atoms with E-state index in [2.05, 4.69) is 21.4 Å². The molecule has 1 aromatic rings. The van der Waals surface area contributed by atoms with Gasteiger partial charge in [-0.05, 0) is 26.7 Å². The van der Waals surface area contributed by atoms with Crippen LogP contribution >= 0.6 is 0 Å². The molecule has 0 amide bonds. The number of ether oxygens (including phenoxy) is 2. The first-order chi connectivity index (χ1) is 9.83. The Balaban J connectivity index is 1.89. The van der Waals surface area contributed by atoms with Gasteiger partial charge in [-0.1, -0.05) is 12.8 Å². The Hall–Kier alpha value is -1.20. The molecule has 1 aromatic heterocycles. The molecular formula is C15H25N3O2. The summed E-state index contributed by atoms with van der Waals surface area (Å²) < 4.78 is 11.0. The van der Waals surface area contributed by atoms with Crippen molar-refractivity contribution in [1.29, 1.82) is 0 Å². The number of anilines is 1. The fraction of sp³-hybridized carbons (Fsp3) is 0.733. The van der Waals surface area contributed by atoms with Crippen molar-refractivity contribution in [3.8, 4) is 0 Å². The average molecular weight is 279 g/mol. The van der Waals surface area contributed by atoms with Crippen LogP contribution in [0.15, 0.2) is 12.4 Å². The summed E-state index contributed by atoms with van der Waals surface area (Å²) in [6.45, 7) is 5.82. The van der Waals surface area contributed by atoms with Crippen molar-refractivity contribution in [2.75, 3.05) is 25.1 Å². The van der Waals surface area contributed by atoms with Gasteiger partial charge in [0.2, 0.25) is 0 Å². The third-order valence-corrected chi connectivity index (χ3v) is 3.62. The highest BCUT2D eigenvalue weighted by Gasteiger charge is 2.18. The van der Waals surface area contributed by atoms with Gasteiger partial charge in [-0.3, -0.25) is 0 Å². The zero-order valence-corrected chi connectivity index (χ0v) is 12.5. The van der Waals surface area contributed by atoms with Gasteiger partial charge in [-0.2, -0.15) is 0 Å². The van der Waals surface area contributed by atoms with Crippen LogP contribution in [-0.4, -0.2) is 36.0 Å². The number of hydrogen-bond acceptors (Lipinski definition) is 5. The lowest BCUT2D eigenvalue weighted by Crippen LogP contribution is -2.26. The van der Waals surface area contributed by atoms with E-state index in [0.717, 1.165) is 11.5 Å². The molecule has 1 saturated carbocycles. The maximum Gasteiger partial charge on any atom is 0.174 e. The highest BCUT2D eigenvalue weighted by molar-refractivity contribution is 5.36. The molecular weight excluding hydrogens is 254 g/mol. The van der Waals surface area contributed by atoms with Crippen LogP contribution in [-0.2, 0) is 9.47 Å². The molecule has 0 atom stereocenters. The molecule has 1 aliphatic carbocycles. The summed E-state index contributed by atoms with van der Waals surface area (Å²) in [5.74, 6) is 1.46. The van der Waals surface area contributed by atoms with Crippen LogP contribution in [0.3, 0.4) is 0 Å². The molecule has 0 unspecified atom stereocenters. The van der Waals surface area contributed by atoms with E-state index < -0.39 is 0 Å². The van der Waals surface area contributed by atoms with Gasteiger partial charge in [0.1, 0.15) is 12.1 Å². The highest BCUT2D eigenvalue weighted by Crippen LogP contribution is 2.33. The van der Waals surface area contributed by atoms with Gasteiger partial charge >= 0.3 is 0 Å². The lowest BCUT2D eigenvalue weighted by molar-refractivity contribution is -0.126. The van der Waals surface area contributed by atoms with E-state index in [4.69, 9.17) is 9.47 Å². The van der Waals surface area contributed by atoms with Crippen molar-refractivity contribution in [3.63, 3.8) is 0 Å². The number of aromatic nitrogens is 2. The highest BCUT2D eigenvalue weighted by atomic mass is 16.7. The first-order valence-corrected chi connectivity index (χ1v) is 7.62. The number of nitrogens with one attached hydrogen (secondary N) is 1. The molecule has 5 nitrogen and oxygen atoms in total. The van der Waals surface area contributed by atoms with Crippen molar-refractivity contribution >= 4 is 5.82 Å². The standard InChI is InChI=1S/C15H25N3O2/c1-3-19-15(20-4-2)10-16-14-9-13(17-11-18-14)12-7-5-6-8-12/h9,11-12,15H,3-8,10H2,1-2H3,(H,16,17,18). The van der Waals surface area contributed by atoms with E-state index in [-0.39, 0.29) is 6.29 Å². The second-order valence-electron chi connectivity index (χ2n) is 5.03. The molecule has 0 radical (unpaired) electrons.